The number of thiazole rings is 1. The predicted molar refractivity (Wildman–Crippen MR) is 92.7 cm³/mol. The molecule has 0 aromatic carbocycles. The van der Waals surface area contributed by atoms with Crippen LogP contribution in [0.4, 0.5) is 5.13 Å². The van der Waals surface area contributed by atoms with Crippen molar-refractivity contribution in [2.75, 3.05) is 18.4 Å². The quantitative estimate of drug-likeness (QED) is 0.891. The van der Waals surface area contributed by atoms with Crippen LogP contribution in [0.25, 0.3) is 0 Å². The number of aromatic nitrogens is 1. The van der Waals surface area contributed by atoms with E-state index in [2.05, 4.69) is 27.4 Å². The number of hydrogen-bond donors (Lipinski definition) is 2. The molecule has 3 unspecified atom stereocenters. The maximum Gasteiger partial charge on any atom is 0.243 e. The Bertz CT molecular complexity index is 573. The van der Waals surface area contributed by atoms with Gasteiger partial charge in [-0.15, -0.1) is 11.3 Å². The molecular weight excluding hydrogens is 308 g/mol. The maximum absolute atomic E-state index is 12.6. The second-order valence-corrected chi connectivity index (χ2v) is 8.19. The number of carbonyl (C=O) groups is 1. The molecule has 0 bridgehead atoms. The van der Waals surface area contributed by atoms with E-state index in [0.717, 1.165) is 37.6 Å². The molecule has 1 saturated carbocycles. The molecular formula is C17H26N4OS. The molecule has 1 aromatic rings. The highest BCUT2D eigenvalue weighted by molar-refractivity contribution is 7.15. The van der Waals surface area contributed by atoms with Gasteiger partial charge in [-0.1, -0.05) is 19.8 Å². The first-order chi connectivity index (χ1) is 11.2. The maximum atomic E-state index is 12.6. The Morgan fingerprint density at radius 1 is 1.43 bits per heavy atom. The van der Waals surface area contributed by atoms with E-state index in [1.807, 2.05) is 0 Å². The Balaban J connectivity index is 1.39. The summed E-state index contributed by atoms with van der Waals surface area (Å²) in [5.74, 6) is 0.806. The molecule has 126 valence electrons. The van der Waals surface area contributed by atoms with Crippen molar-refractivity contribution in [3.05, 3.63) is 10.6 Å². The number of likely N-dealkylation sites (N-methyl/N-ethyl adjacent to an activating group) is 1. The van der Waals surface area contributed by atoms with Crippen LogP contribution in [0.15, 0.2) is 0 Å². The van der Waals surface area contributed by atoms with Gasteiger partial charge < -0.3 is 10.6 Å². The van der Waals surface area contributed by atoms with Crippen molar-refractivity contribution in [2.45, 2.75) is 64.1 Å². The first-order valence-electron chi connectivity index (χ1n) is 9.00. The van der Waals surface area contributed by atoms with Crippen molar-refractivity contribution in [2.24, 2.45) is 5.92 Å². The molecule has 2 aliphatic heterocycles. The first-order valence-corrected chi connectivity index (χ1v) is 9.82. The molecule has 1 saturated heterocycles. The monoisotopic (exact) mass is 334 g/mol. The summed E-state index contributed by atoms with van der Waals surface area (Å²) in [6, 6.07) is 0.526. The van der Waals surface area contributed by atoms with Gasteiger partial charge in [-0.3, -0.25) is 9.69 Å². The van der Waals surface area contributed by atoms with E-state index in [-0.39, 0.29) is 11.9 Å². The molecule has 2 fully saturated rings. The van der Waals surface area contributed by atoms with Crippen molar-refractivity contribution in [3.63, 3.8) is 0 Å². The SMILES string of the molecule is CCN1CCc2nc(NC(=O)C3CC4CCCCC4N3)sc2C1. The van der Waals surface area contributed by atoms with Crippen molar-refractivity contribution >= 4 is 22.4 Å². The third kappa shape index (κ3) is 3.16. The number of nitrogens with one attached hydrogen (secondary N) is 2. The Hall–Kier alpha value is -0.980. The van der Waals surface area contributed by atoms with Crippen molar-refractivity contribution < 1.29 is 4.79 Å². The van der Waals surface area contributed by atoms with E-state index in [4.69, 9.17) is 0 Å². The van der Waals surface area contributed by atoms with Crippen molar-refractivity contribution in [1.82, 2.24) is 15.2 Å². The van der Waals surface area contributed by atoms with Gasteiger partial charge in [-0.25, -0.2) is 4.98 Å². The predicted octanol–water partition coefficient (Wildman–Crippen LogP) is 2.38. The Kier molecular flexibility index (Phi) is 4.39. The van der Waals surface area contributed by atoms with E-state index in [1.165, 1.54) is 36.3 Å². The van der Waals surface area contributed by atoms with Gasteiger partial charge in [0.05, 0.1) is 11.7 Å². The summed E-state index contributed by atoms with van der Waals surface area (Å²) in [6.07, 6.45) is 7.12. The number of nitrogens with zero attached hydrogens (tertiary/aromatic N) is 2. The van der Waals surface area contributed by atoms with Crippen LogP contribution in [-0.4, -0.2) is 41.0 Å². The number of amides is 1. The highest BCUT2D eigenvalue weighted by atomic mass is 32.1. The lowest BCUT2D eigenvalue weighted by molar-refractivity contribution is -0.117. The Morgan fingerprint density at radius 3 is 3.13 bits per heavy atom. The van der Waals surface area contributed by atoms with E-state index < -0.39 is 0 Å². The van der Waals surface area contributed by atoms with Crippen LogP contribution in [0.1, 0.15) is 49.6 Å². The summed E-state index contributed by atoms with van der Waals surface area (Å²) in [4.78, 5) is 21.0. The van der Waals surface area contributed by atoms with Gasteiger partial charge in [0, 0.05) is 30.4 Å². The van der Waals surface area contributed by atoms with Gasteiger partial charge in [-0.2, -0.15) is 0 Å². The molecule has 6 heteroatoms. The molecule has 4 rings (SSSR count). The summed E-state index contributed by atoms with van der Waals surface area (Å²) in [5.41, 5.74) is 1.18. The molecule has 5 nitrogen and oxygen atoms in total. The Labute approximate surface area is 141 Å². The Morgan fingerprint density at radius 2 is 2.30 bits per heavy atom. The lowest BCUT2D eigenvalue weighted by atomic mass is 9.85. The number of anilines is 1. The minimum absolute atomic E-state index is 0.0313. The zero-order valence-corrected chi connectivity index (χ0v) is 14.6. The summed E-state index contributed by atoms with van der Waals surface area (Å²) < 4.78 is 0. The van der Waals surface area contributed by atoms with Crippen LogP contribution in [0.3, 0.4) is 0 Å². The lowest BCUT2D eigenvalue weighted by Gasteiger charge is -2.24. The normalized spacial score (nSPS) is 30.7. The van der Waals surface area contributed by atoms with Gasteiger partial charge in [0.25, 0.3) is 0 Å². The van der Waals surface area contributed by atoms with Crippen molar-refractivity contribution in [3.8, 4) is 0 Å². The van der Waals surface area contributed by atoms with Crippen LogP contribution in [0, 0.1) is 5.92 Å². The van der Waals surface area contributed by atoms with Crippen LogP contribution in [0.2, 0.25) is 0 Å². The number of hydrogen-bond acceptors (Lipinski definition) is 5. The number of carbonyl (C=O) groups excluding carboxylic acids is 1. The topological polar surface area (TPSA) is 57.3 Å². The molecule has 3 aliphatic rings. The molecule has 0 radical (unpaired) electrons. The molecule has 2 N–H and O–H groups in total. The van der Waals surface area contributed by atoms with Gasteiger partial charge in [-0.05, 0) is 31.7 Å². The average molecular weight is 334 g/mol. The second kappa shape index (κ2) is 6.49. The van der Waals surface area contributed by atoms with Crippen LogP contribution < -0.4 is 10.6 Å². The van der Waals surface area contributed by atoms with Gasteiger partial charge in [0.1, 0.15) is 0 Å². The number of fused-ring (bicyclic) bond motifs is 2. The molecule has 3 atom stereocenters. The average Bonchev–Trinajstić information content (AvgIpc) is 3.17. The molecule has 1 aromatic heterocycles. The lowest BCUT2D eigenvalue weighted by Crippen LogP contribution is -2.39. The van der Waals surface area contributed by atoms with Gasteiger partial charge >= 0.3 is 0 Å². The van der Waals surface area contributed by atoms with E-state index in [0.29, 0.717) is 12.0 Å². The fraction of sp³-hybridized carbons (Fsp3) is 0.765. The second-order valence-electron chi connectivity index (χ2n) is 7.10. The highest BCUT2D eigenvalue weighted by Crippen LogP contribution is 2.34. The molecule has 1 amide bonds. The molecule has 0 spiro atoms. The van der Waals surface area contributed by atoms with Gasteiger partial charge in [0.15, 0.2) is 5.13 Å². The fourth-order valence-corrected chi connectivity index (χ4v) is 5.34. The fourth-order valence-electron chi connectivity index (χ4n) is 4.29. The largest absolute Gasteiger partial charge is 0.303 e. The first kappa shape index (κ1) is 15.5. The zero-order chi connectivity index (χ0) is 15.8. The van der Waals surface area contributed by atoms with Crippen LogP contribution in [-0.2, 0) is 17.8 Å². The standard InChI is InChI=1S/C17H26N4OS/c1-2-21-8-7-13-15(10-21)23-17(19-13)20-16(22)14-9-11-5-3-4-6-12(11)18-14/h11-12,14,18H,2-10H2,1H3,(H,19,20,22). The third-order valence-corrected chi connectivity index (χ3v) is 6.66. The summed E-state index contributed by atoms with van der Waals surface area (Å²) in [5, 5.41) is 7.41. The summed E-state index contributed by atoms with van der Waals surface area (Å²) >= 11 is 1.65. The van der Waals surface area contributed by atoms with Crippen LogP contribution >= 0.6 is 11.3 Å². The summed E-state index contributed by atoms with van der Waals surface area (Å²) in [6.45, 7) is 5.33. The van der Waals surface area contributed by atoms with E-state index in [1.54, 1.807) is 11.3 Å². The molecule has 23 heavy (non-hydrogen) atoms. The van der Waals surface area contributed by atoms with E-state index in [9.17, 15) is 4.79 Å². The van der Waals surface area contributed by atoms with Crippen LogP contribution in [0.5, 0.6) is 0 Å². The minimum atomic E-state index is -0.0313. The molecule has 1 aliphatic carbocycles. The highest BCUT2D eigenvalue weighted by Gasteiger charge is 2.38. The third-order valence-electron chi connectivity index (χ3n) is 5.67. The minimum Gasteiger partial charge on any atom is -0.303 e. The summed E-state index contributed by atoms with van der Waals surface area (Å²) in [7, 11) is 0. The van der Waals surface area contributed by atoms with Crippen molar-refractivity contribution in [1.29, 1.82) is 0 Å². The number of rotatable bonds is 3. The van der Waals surface area contributed by atoms with Gasteiger partial charge in [0.2, 0.25) is 5.91 Å². The zero-order valence-electron chi connectivity index (χ0n) is 13.8. The van der Waals surface area contributed by atoms with E-state index >= 15 is 0 Å². The molecule has 3 heterocycles. The smallest absolute Gasteiger partial charge is 0.243 e.